The fraction of sp³-hybridized carbons (Fsp3) is 0.800. The van der Waals surface area contributed by atoms with Gasteiger partial charge in [0, 0.05) is 13.1 Å². The van der Waals surface area contributed by atoms with E-state index in [0.717, 1.165) is 0 Å². The molecule has 0 aliphatic rings. The van der Waals surface area contributed by atoms with Gasteiger partial charge in [0.05, 0.1) is 0 Å². The SMILES string of the molecule is CCN(CC)C(=O)NO. The summed E-state index contributed by atoms with van der Waals surface area (Å²) in [4.78, 5) is 12.0. The molecule has 0 radical (unpaired) electrons. The summed E-state index contributed by atoms with van der Waals surface area (Å²) in [6.45, 7) is 4.92. The van der Waals surface area contributed by atoms with Crippen molar-refractivity contribution >= 4 is 6.03 Å². The van der Waals surface area contributed by atoms with Crippen LogP contribution in [-0.4, -0.2) is 29.2 Å². The Morgan fingerprint density at radius 3 is 2.11 bits per heavy atom. The monoisotopic (exact) mass is 132 g/mol. The molecule has 0 saturated carbocycles. The molecule has 0 unspecified atom stereocenters. The lowest BCUT2D eigenvalue weighted by Gasteiger charge is -2.16. The van der Waals surface area contributed by atoms with E-state index in [9.17, 15) is 4.79 Å². The number of amides is 2. The zero-order chi connectivity index (χ0) is 7.28. The van der Waals surface area contributed by atoms with Crippen LogP contribution in [0, 0.1) is 0 Å². The molecule has 0 saturated heterocycles. The lowest BCUT2D eigenvalue weighted by molar-refractivity contribution is 0.132. The fourth-order valence-corrected chi connectivity index (χ4v) is 0.582. The van der Waals surface area contributed by atoms with E-state index in [0.29, 0.717) is 13.1 Å². The van der Waals surface area contributed by atoms with Crippen molar-refractivity contribution in [3.05, 3.63) is 0 Å². The van der Waals surface area contributed by atoms with Crippen molar-refractivity contribution in [2.45, 2.75) is 13.8 Å². The van der Waals surface area contributed by atoms with Gasteiger partial charge in [0.15, 0.2) is 0 Å². The number of nitrogens with one attached hydrogen (secondary N) is 1. The Bertz CT molecular complexity index is 91.0. The summed E-state index contributed by atoms with van der Waals surface area (Å²) in [6, 6.07) is -0.444. The molecule has 0 aromatic rings. The van der Waals surface area contributed by atoms with Crippen molar-refractivity contribution in [2.75, 3.05) is 13.1 Å². The molecule has 54 valence electrons. The van der Waals surface area contributed by atoms with Crippen molar-refractivity contribution < 1.29 is 10.0 Å². The lowest BCUT2D eigenvalue weighted by atomic mass is 10.5. The van der Waals surface area contributed by atoms with Gasteiger partial charge >= 0.3 is 6.03 Å². The third-order valence-electron chi connectivity index (χ3n) is 1.15. The Morgan fingerprint density at radius 2 is 2.00 bits per heavy atom. The number of rotatable bonds is 2. The molecule has 0 bridgehead atoms. The Balaban J connectivity index is 3.64. The summed E-state index contributed by atoms with van der Waals surface area (Å²) < 4.78 is 0. The van der Waals surface area contributed by atoms with Crippen LogP contribution < -0.4 is 5.48 Å². The van der Waals surface area contributed by atoms with E-state index in [2.05, 4.69) is 0 Å². The zero-order valence-electron chi connectivity index (χ0n) is 5.72. The van der Waals surface area contributed by atoms with Gasteiger partial charge in [0.2, 0.25) is 0 Å². The van der Waals surface area contributed by atoms with Crippen LogP contribution >= 0.6 is 0 Å². The van der Waals surface area contributed by atoms with Crippen molar-refractivity contribution in [3.8, 4) is 0 Å². The molecule has 0 atom stereocenters. The average molecular weight is 132 g/mol. The second-order valence-electron chi connectivity index (χ2n) is 1.59. The molecule has 2 N–H and O–H groups in total. The van der Waals surface area contributed by atoms with Crippen molar-refractivity contribution in [1.29, 1.82) is 0 Å². The van der Waals surface area contributed by atoms with Gasteiger partial charge in [-0.2, -0.15) is 0 Å². The molecular weight excluding hydrogens is 120 g/mol. The number of hydrogen-bond donors (Lipinski definition) is 2. The maximum absolute atomic E-state index is 10.5. The molecule has 0 fully saturated rings. The highest BCUT2D eigenvalue weighted by Crippen LogP contribution is 1.85. The van der Waals surface area contributed by atoms with Crippen LogP contribution in [0.1, 0.15) is 13.8 Å². The standard InChI is InChI=1S/C5H12N2O2/c1-3-7(4-2)5(8)6-9/h9H,3-4H2,1-2H3,(H,6,8). The van der Waals surface area contributed by atoms with Crippen LogP contribution in [0.2, 0.25) is 0 Å². The fourth-order valence-electron chi connectivity index (χ4n) is 0.582. The third-order valence-corrected chi connectivity index (χ3v) is 1.15. The first-order valence-electron chi connectivity index (χ1n) is 2.95. The first kappa shape index (κ1) is 8.23. The quantitative estimate of drug-likeness (QED) is 0.423. The van der Waals surface area contributed by atoms with Crippen LogP contribution in [0.4, 0.5) is 4.79 Å². The molecule has 0 aliphatic heterocycles. The average Bonchev–Trinajstić information content (AvgIpc) is 1.90. The lowest BCUT2D eigenvalue weighted by Crippen LogP contribution is -2.37. The molecule has 0 spiro atoms. The van der Waals surface area contributed by atoms with E-state index >= 15 is 0 Å². The highest BCUT2D eigenvalue weighted by atomic mass is 16.5. The predicted octanol–water partition coefficient (Wildman–Crippen LogP) is 0.427. The van der Waals surface area contributed by atoms with E-state index < -0.39 is 6.03 Å². The van der Waals surface area contributed by atoms with Crippen LogP contribution in [0.15, 0.2) is 0 Å². The highest BCUT2D eigenvalue weighted by molar-refractivity contribution is 5.72. The van der Waals surface area contributed by atoms with Gasteiger partial charge in [-0.15, -0.1) is 0 Å². The van der Waals surface area contributed by atoms with Crippen LogP contribution in [0.5, 0.6) is 0 Å². The molecule has 2 amide bonds. The molecular formula is C5H12N2O2. The first-order valence-corrected chi connectivity index (χ1v) is 2.95. The molecule has 0 heterocycles. The second kappa shape index (κ2) is 4.14. The van der Waals surface area contributed by atoms with Crippen molar-refractivity contribution in [2.24, 2.45) is 0 Å². The molecule has 9 heavy (non-hydrogen) atoms. The topological polar surface area (TPSA) is 52.6 Å². The molecule has 4 heteroatoms. The summed E-state index contributed by atoms with van der Waals surface area (Å²) >= 11 is 0. The summed E-state index contributed by atoms with van der Waals surface area (Å²) in [6.07, 6.45) is 0. The number of carbonyl (C=O) groups excluding carboxylic acids is 1. The van der Waals surface area contributed by atoms with Gasteiger partial charge in [-0.1, -0.05) is 0 Å². The summed E-state index contributed by atoms with van der Waals surface area (Å²) in [5.41, 5.74) is 1.55. The number of nitrogens with zero attached hydrogens (tertiary/aromatic N) is 1. The maximum atomic E-state index is 10.5. The zero-order valence-corrected chi connectivity index (χ0v) is 5.72. The Morgan fingerprint density at radius 1 is 1.56 bits per heavy atom. The highest BCUT2D eigenvalue weighted by Gasteiger charge is 2.05. The Hall–Kier alpha value is -0.770. The van der Waals surface area contributed by atoms with E-state index in [1.54, 1.807) is 5.48 Å². The second-order valence-corrected chi connectivity index (χ2v) is 1.59. The minimum absolute atomic E-state index is 0.444. The largest absolute Gasteiger partial charge is 0.341 e. The number of hydrogen-bond acceptors (Lipinski definition) is 2. The number of urea groups is 1. The van der Waals surface area contributed by atoms with Crippen LogP contribution in [0.3, 0.4) is 0 Å². The van der Waals surface area contributed by atoms with Crippen molar-refractivity contribution in [1.82, 2.24) is 10.4 Å². The van der Waals surface area contributed by atoms with Gasteiger partial charge in [-0.25, -0.2) is 10.3 Å². The van der Waals surface area contributed by atoms with Gasteiger partial charge in [-0.05, 0) is 13.8 Å². The predicted molar refractivity (Wildman–Crippen MR) is 33.2 cm³/mol. The minimum atomic E-state index is -0.444. The Kier molecular flexibility index (Phi) is 3.79. The van der Waals surface area contributed by atoms with E-state index in [-0.39, 0.29) is 0 Å². The van der Waals surface area contributed by atoms with E-state index in [1.165, 1.54) is 4.90 Å². The molecule has 0 aliphatic carbocycles. The maximum Gasteiger partial charge on any atom is 0.341 e. The van der Waals surface area contributed by atoms with Crippen molar-refractivity contribution in [3.63, 3.8) is 0 Å². The number of carbonyl (C=O) groups is 1. The van der Waals surface area contributed by atoms with Gasteiger partial charge < -0.3 is 4.90 Å². The third kappa shape index (κ3) is 2.32. The Labute approximate surface area is 54.4 Å². The number of hydroxylamine groups is 1. The first-order chi connectivity index (χ1) is 4.26. The van der Waals surface area contributed by atoms with Crippen LogP contribution in [-0.2, 0) is 0 Å². The summed E-state index contributed by atoms with van der Waals surface area (Å²) in [5, 5.41) is 8.13. The molecule has 0 aromatic carbocycles. The molecule has 0 aromatic heterocycles. The van der Waals surface area contributed by atoms with Gasteiger partial charge in [-0.3, -0.25) is 5.21 Å². The molecule has 4 nitrogen and oxygen atoms in total. The van der Waals surface area contributed by atoms with Gasteiger partial charge in [0.1, 0.15) is 0 Å². The summed E-state index contributed by atoms with van der Waals surface area (Å²) in [5.74, 6) is 0. The van der Waals surface area contributed by atoms with E-state index in [4.69, 9.17) is 5.21 Å². The van der Waals surface area contributed by atoms with Crippen LogP contribution in [0.25, 0.3) is 0 Å². The normalized spacial score (nSPS) is 8.78. The smallest absolute Gasteiger partial charge is 0.324 e. The van der Waals surface area contributed by atoms with E-state index in [1.807, 2.05) is 13.8 Å². The van der Waals surface area contributed by atoms with Gasteiger partial charge in [0.25, 0.3) is 0 Å². The molecule has 0 rings (SSSR count). The summed E-state index contributed by atoms with van der Waals surface area (Å²) in [7, 11) is 0. The minimum Gasteiger partial charge on any atom is -0.324 e.